The van der Waals surface area contributed by atoms with Gasteiger partial charge in [0.15, 0.2) is 11.7 Å². The van der Waals surface area contributed by atoms with E-state index in [0.717, 1.165) is 31.9 Å². The molecule has 1 atom stereocenters. The number of nitrogens with zero attached hydrogens (tertiary/aromatic N) is 3. The first-order valence-electron chi connectivity index (χ1n) is 9.34. The van der Waals surface area contributed by atoms with E-state index in [4.69, 9.17) is 9.41 Å². The first kappa shape index (κ1) is 17.9. The Balaban J connectivity index is 0.00000180. The molecule has 0 radical (unpaired) electrons. The Morgan fingerprint density at radius 2 is 2.00 bits per heavy atom. The Morgan fingerprint density at radius 1 is 1.15 bits per heavy atom. The van der Waals surface area contributed by atoms with Gasteiger partial charge in [0, 0.05) is 37.4 Å². The SMILES string of the molecule is Cl.O=C(c1ccco1)N1CCN(C2=NC3CCCc4cccc(c43)N2)CC1. The fourth-order valence-corrected chi connectivity index (χ4v) is 4.23. The van der Waals surface area contributed by atoms with Crippen LogP contribution in [0.3, 0.4) is 0 Å². The van der Waals surface area contributed by atoms with E-state index < -0.39 is 0 Å². The van der Waals surface area contributed by atoms with Gasteiger partial charge in [0.2, 0.25) is 0 Å². The predicted molar refractivity (Wildman–Crippen MR) is 107 cm³/mol. The van der Waals surface area contributed by atoms with Crippen LogP contribution in [-0.4, -0.2) is 47.8 Å². The minimum Gasteiger partial charge on any atom is -0.459 e. The summed E-state index contributed by atoms with van der Waals surface area (Å²) in [7, 11) is 0. The molecule has 1 aliphatic carbocycles. The van der Waals surface area contributed by atoms with E-state index in [0.29, 0.717) is 18.8 Å². The third-order valence-electron chi connectivity index (χ3n) is 5.58. The molecule has 0 saturated carbocycles. The van der Waals surface area contributed by atoms with Crippen LogP contribution in [0.1, 0.15) is 40.6 Å². The van der Waals surface area contributed by atoms with Crippen LogP contribution in [0.15, 0.2) is 46.0 Å². The number of anilines is 1. The molecule has 0 bridgehead atoms. The second kappa shape index (κ2) is 7.27. The number of carbonyl (C=O) groups is 1. The minimum atomic E-state index is -0.0320. The van der Waals surface area contributed by atoms with Gasteiger partial charge in [-0.25, -0.2) is 4.99 Å². The summed E-state index contributed by atoms with van der Waals surface area (Å²) in [5.74, 6) is 1.33. The molecule has 2 aromatic rings. The van der Waals surface area contributed by atoms with Gasteiger partial charge in [-0.05, 0) is 43.0 Å². The molecule has 6 nitrogen and oxygen atoms in total. The van der Waals surface area contributed by atoms with Gasteiger partial charge in [-0.1, -0.05) is 12.1 Å². The number of rotatable bonds is 1. The lowest BCUT2D eigenvalue weighted by molar-refractivity contribution is 0.0659. The molecule has 1 aromatic carbocycles. The van der Waals surface area contributed by atoms with Crippen LogP contribution in [0.5, 0.6) is 0 Å². The highest BCUT2D eigenvalue weighted by Gasteiger charge is 2.31. The van der Waals surface area contributed by atoms with Crippen LogP contribution in [-0.2, 0) is 6.42 Å². The van der Waals surface area contributed by atoms with E-state index in [1.807, 2.05) is 4.90 Å². The molecule has 1 amide bonds. The normalized spacial score (nSPS) is 20.9. The molecular formula is C20H23ClN4O2. The van der Waals surface area contributed by atoms with Crippen LogP contribution >= 0.6 is 12.4 Å². The average Bonchev–Trinajstić information content (AvgIpc) is 3.23. The lowest BCUT2D eigenvalue weighted by Gasteiger charge is -2.39. The Bertz CT molecular complexity index is 857. The largest absolute Gasteiger partial charge is 0.459 e. The molecular weight excluding hydrogens is 364 g/mol. The van der Waals surface area contributed by atoms with E-state index >= 15 is 0 Å². The summed E-state index contributed by atoms with van der Waals surface area (Å²) in [6, 6.07) is 10.3. The number of aliphatic imine (C=N–C) groups is 1. The molecule has 1 saturated heterocycles. The maximum atomic E-state index is 12.4. The van der Waals surface area contributed by atoms with Gasteiger partial charge in [0.25, 0.3) is 5.91 Å². The average molecular weight is 387 g/mol. The molecule has 3 heterocycles. The van der Waals surface area contributed by atoms with E-state index in [1.54, 1.807) is 18.4 Å². The quantitative estimate of drug-likeness (QED) is 0.816. The van der Waals surface area contributed by atoms with Crippen LogP contribution in [0.2, 0.25) is 0 Å². The van der Waals surface area contributed by atoms with Crippen molar-refractivity contribution in [2.24, 2.45) is 4.99 Å². The van der Waals surface area contributed by atoms with E-state index in [-0.39, 0.29) is 24.4 Å². The lowest BCUT2D eigenvalue weighted by atomic mass is 9.86. The van der Waals surface area contributed by atoms with Gasteiger partial charge >= 0.3 is 0 Å². The van der Waals surface area contributed by atoms with Crippen molar-refractivity contribution < 1.29 is 9.21 Å². The van der Waals surface area contributed by atoms with Gasteiger partial charge in [0.1, 0.15) is 0 Å². The number of furan rings is 1. The maximum Gasteiger partial charge on any atom is 0.289 e. The summed E-state index contributed by atoms with van der Waals surface area (Å²) >= 11 is 0. The third-order valence-corrected chi connectivity index (χ3v) is 5.58. The van der Waals surface area contributed by atoms with Crippen molar-refractivity contribution in [1.29, 1.82) is 0 Å². The summed E-state index contributed by atoms with van der Waals surface area (Å²) < 4.78 is 5.24. The molecule has 1 fully saturated rings. The van der Waals surface area contributed by atoms with E-state index in [9.17, 15) is 4.79 Å². The number of hydrogen-bond donors (Lipinski definition) is 1. The summed E-state index contributed by atoms with van der Waals surface area (Å²) in [6.45, 7) is 2.91. The Kier molecular flexibility index (Phi) is 4.83. The number of aryl methyl sites for hydroxylation is 1. The number of halogens is 1. The van der Waals surface area contributed by atoms with Gasteiger partial charge < -0.3 is 19.5 Å². The van der Waals surface area contributed by atoms with E-state index in [2.05, 4.69) is 28.4 Å². The van der Waals surface area contributed by atoms with Crippen LogP contribution in [0.25, 0.3) is 0 Å². The zero-order valence-corrected chi connectivity index (χ0v) is 15.9. The van der Waals surface area contributed by atoms with Gasteiger partial charge in [-0.15, -0.1) is 12.4 Å². The molecule has 7 heteroatoms. The molecule has 3 aliphatic rings. The Hall–Kier alpha value is -2.47. The minimum absolute atomic E-state index is 0. The Morgan fingerprint density at radius 3 is 2.78 bits per heavy atom. The second-order valence-electron chi connectivity index (χ2n) is 7.12. The molecule has 1 aromatic heterocycles. The summed E-state index contributed by atoms with van der Waals surface area (Å²) in [5, 5.41) is 3.53. The predicted octanol–water partition coefficient (Wildman–Crippen LogP) is 3.32. The zero-order valence-electron chi connectivity index (χ0n) is 15.1. The van der Waals surface area contributed by atoms with Crippen LogP contribution in [0.4, 0.5) is 5.69 Å². The number of amides is 1. The van der Waals surface area contributed by atoms with Crippen LogP contribution in [0, 0.1) is 0 Å². The number of piperazine rings is 1. The zero-order chi connectivity index (χ0) is 17.5. The number of guanidine groups is 1. The lowest BCUT2D eigenvalue weighted by Crippen LogP contribution is -2.52. The van der Waals surface area contributed by atoms with Crippen LogP contribution < -0.4 is 5.32 Å². The third kappa shape index (κ3) is 3.18. The van der Waals surface area contributed by atoms with Gasteiger partial charge in [-0.3, -0.25) is 4.79 Å². The Labute approximate surface area is 164 Å². The van der Waals surface area contributed by atoms with Crippen molar-refractivity contribution in [3.63, 3.8) is 0 Å². The molecule has 142 valence electrons. The highest BCUT2D eigenvalue weighted by atomic mass is 35.5. The van der Waals surface area contributed by atoms with Gasteiger partial charge in [-0.2, -0.15) is 0 Å². The molecule has 27 heavy (non-hydrogen) atoms. The topological polar surface area (TPSA) is 61.1 Å². The van der Waals surface area contributed by atoms with Crippen molar-refractivity contribution in [2.75, 3.05) is 31.5 Å². The maximum absolute atomic E-state index is 12.4. The molecule has 1 N–H and O–H groups in total. The standard InChI is InChI=1S/C20H22N4O2.ClH/c25-19(17-8-3-13-26-17)23-9-11-24(12-10-23)20-21-15-6-1-4-14-5-2-7-16(22-20)18(14)15;/h1,3-4,6,8,13,16H,2,5,7,9-12H2,(H,21,22);1H. The smallest absolute Gasteiger partial charge is 0.289 e. The van der Waals surface area contributed by atoms with Gasteiger partial charge in [0.05, 0.1) is 12.3 Å². The highest BCUT2D eigenvalue weighted by Crippen LogP contribution is 2.40. The fourth-order valence-electron chi connectivity index (χ4n) is 4.23. The number of carbonyl (C=O) groups excluding carboxylic acids is 1. The van der Waals surface area contributed by atoms with Crippen molar-refractivity contribution in [1.82, 2.24) is 9.80 Å². The number of benzene rings is 1. The summed E-state index contributed by atoms with van der Waals surface area (Å²) in [4.78, 5) is 21.5. The van der Waals surface area contributed by atoms with Crippen molar-refractivity contribution in [3.05, 3.63) is 53.5 Å². The van der Waals surface area contributed by atoms with Crippen molar-refractivity contribution >= 4 is 30.0 Å². The van der Waals surface area contributed by atoms with Crippen molar-refractivity contribution in [3.8, 4) is 0 Å². The second-order valence-corrected chi connectivity index (χ2v) is 7.12. The summed E-state index contributed by atoms with van der Waals surface area (Å²) in [6.07, 6.45) is 5.01. The fraction of sp³-hybridized carbons (Fsp3) is 0.400. The molecule has 0 spiro atoms. The highest BCUT2D eigenvalue weighted by molar-refractivity contribution is 5.97. The number of nitrogens with one attached hydrogen (secondary N) is 1. The molecule has 2 aliphatic heterocycles. The van der Waals surface area contributed by atoms with Crippen molar-refractivity contribution in [2.45, 2.75) is 25.3 Å². The first-order valence-corrected chi connectivity index (χ1v) is 9.34. The molecule has 5 rings (SSSR count). The molecule has 1 unspecified atom stereocenters. The first-order chi connectivity index (χ1) is 12.8. The monoisotopic (exact) mass is 386 g/mol. The number of hydrogen-bond acceptors (Lipinski definition) is 5. The summed E-state index contributed by atoms with van der Waals surface area (Å²) in [5.41, 5.74) is 4.02. The van der Waals surface area contributed by atoms with E-state index in [1.165, 1.54) is 23.2 Å².